The van der Waals surface area contributed by atoms with Crippen LogP contribution in [0.15, 0.2) is 66.2 Å². The van der Waals surface area contributed by atoms with Gasteiger partial charge in [-0.1, -0.05) is 36.4 Å². The number of nitrogens with zero attached hydrogens (tertiary/aromatic N) is 3. The number of hydrogen-bond acceptors (Lipinski definition) is 5. The van der Waals surface area contributed by atoms with Crippen LogP contribution in [0.5, 0.6) is 0 Å². The van der Waals surface area contributed by atoms with E-state index >= 15 is 0 Å². The number of aromatic nitrogens is 1. The van der Waals surface area contributed by atoms with E-state index < -0.39 is 6.10 Å². The van der Waals surface area contributed by atoms with Crippen LogP contribution >= 0.6 is 23.7 Å². The Morgan fingerprint density at radius 1 is 0.967 bits per heavy atom. The Balaban J connectivity index is 0.00000218. The van der Waals surface area contributed by atoms with Crippen LogP contribution in [0.25, 0.3) is 21.0 Å². The van der Waals surface area contributed by atoms with Gasteiger partial charge in [0, 0.05) is 49.0 Å². The maximum absolute atomic E-state index is 10.7. The molecule has 1 unspecified atom stereocenters. The third-order valence-corrected chi connectivity index (χ3v) is 6.89. The van der Waals surface area contributed by atoms with Gasteiger partial charge in [-0.15, -0.1) is 23.7 Å². The Morgan fingerprint density at radius 2 is 1.77 bits per heavy atom. The predicted octanol–water partition coefficient (Wildman–Crippen LogP) is 5.12. The first-order chi connectivity index (χ1) is 14.3. The molecule has 3 heterocycles. The van der Waals surface area contributed by atoms with Crippen molar-refractivity contribution in [3.05, 3.63) is 71.7 Å². The number of hydrogen-bond donors (Lipinski definition) is 1. The normalized spacial score (nSPS) is 16.0. The molecule has 0 radical (unpaired) electrons. The molecule has 1 fully saturated rings. The van der Waals surface area contributed by atoms with Crippen molar-refractivity contribution in [3.8, 4) is 0 Å². The van der Waals surface area contributed by atoms with E-state index in [9.17, 15) is 5.11 Å². The lowest BCUT2D eigenvalue weighted by Gasteiger charge is -2.36. The average molecular weight is 440 g/mol. The number of halogens is 1. The van der Waals surface area contributed by atoms with E-state index in [2.05, 4.69) is 62.6 Å². The topological polar surface area (TPSA) is 39.6 Å². The molecule has 4 nitrogen and oxygen atoms in total. The van der Waals surface area contributed by atoms with E-state index in [0.717, 1.165) is 50.2 Å². The monoisotopic (exact) mass is 439 g/mol. The third-order valence-electron chi connectivity index (χ3n) is 5.91. The third kappa shape index (κ3) is 4.16. The summed E-state index contributed by atoms with van der Waals surface area (Å²) in [6, 6.07) is 18.9. The van der Waals surface area contributed by atoms with Crippen molar-refractivity contribution in [2.45, 2.75) is 12.5 Å². The highest BCUT2D eigenvalue weighted by Crippen LogP contribution is 2.32. The lowest BCUT2D eigenvalue weighted by Crippen LogP contribution is -2.46. The summed E-state index contributed by atoms with van der Waals surface area (Å²) in [7, 11) is 0. The van der Waals surface area contributed by atoms with E-state index in [1.165, 1.54) is 21.2 Å². The Morgan fingerprint density at radius 3 is 2.63 bits per heavy atom. The second-order valence-corrected chi connectivity index (χ2v) is 8.58. The fourth-order valence-electron chi connectivity index (χ4n) is 4.27. The van der Waals surface area contributed by atoms with Gasteiger partial charge in [-0.25, -0.2) is 0 Å². The molecule has 0 aliphatic carbocycles. The van der Waals surface area contributed by atoms with Gasteiger partial charge >= 0.3 is 0 Å². The van der Waals surface area contributed by atoms with Gasteiger partial charge in [-0.2, -0.15) is 0 Å². The number of benzene rings is 2. The lowest BCUT2D eigenvalue weighted by molar-refractivity contribution is 0.141. The zero-order valence-corrected chi connectivity index (χ0v) is 18.4. The van der Waals surface area contributed by atoms with Crippen LogP contribution in [0.4, 0.5) is 5.69 Å². The van der Waals surface area contributed by atoms with Gasteiger partial charge in [-0.3, -0.25) is 9.88 Å². The summed E-state index contributed by atoms with van der Waals surface area (Å²) in [5.41, 5.74) is 3.39. The molecule has 1 saturated heterocycles. The summed E-state index contributed by atoms with van der Waals surface area (Å²) in [6.45, 7) is 4.94. The fourth-order valence-corrected chi connectivity index (χ4v) is 5.28. The minimum atomic E-state index is -0.397. The number of piperazine rings is 1. The maximum Gasteiger partial charge on any atom is 0.0935 e. The predicted molar refractivity (Wildman–Crippen MR) is 129 cm³/mol. The van der Waals surface area contributed by atoms with E-state index in [0.29, 0.717) is 0 Å². The molecule has 2 aromatic heterocycles. The number of anilines is 1. The van der Waals surface area contributed by atoms with Crippen LogP contribution in [-0.4, -0.2) is 47.7 Å². The van der Waals surface area contributed by atoms with Crippen LogP contribution in [0.1, 0.15) is 18.1 Å². The molecule has 0 bridgehead atoms. The number of thiophene rings is 1. The first-order valence-corrected chi connectivity index (χ1v) is 11.1. The number of aliphatic hydroxyl groups is 1. The van der Waals surface area contributed by atoms with E-state index in [1.807, 2.05) is 18.3 Å². The highest BCUT2D eigenvalue weighted by atomic mass is 35.5. The van der Waals surface area contributed by atoms with Crippen molar-refractivity contribution in [2.75, 3.05) is 37.6 Å². The molecule has 5 rings (SSSR count). The van der Waals surface area contributed by atoms with Gasteiger partial charge < -0.3 is 10.0 Å². The summed E-state index contributed by atoms with van der Waals surface area (Å²) in [4.78, 5) is 9.51. The molecule has 0 amide bonds. The van der Waals surface area contributed by atoms with Crippen molar-refractivity contribution in [3.63, 3.8) is 0 Å². The Kier molecular flexibility index (Phi) is 6.54. The van der Waals surface area contributed by atoms with Crippen LogP contribution in [0.2, 0.25) is 0 Å². The van der Waals surface area contributed by atoms with Gasteiger partial charge in [0.15, 0.2) is 0 Å². The Hall–Kier alpha value is -2.18. The van der Waals surface area contributed by atoms with E-state index in [-0.39, 0.29) is 12.4 Å². The van der Waals surface area contributed by atoms with Crippen molar-refractivity contribution in [1.82, 2.24) is 9.88 Å². The molecule has 1 atom stereocenters. The first kappa shape index (κ1) is 21.1. The van der Waals surface area contributed by atoms with Gasteiger partial charge in [0.25, 0.3) is 0 Å². The second kappa shape index (κ2) is 9.31. The van der Waals surface area contributed by atoms with Crippen LogP contribution in [0, 0.1) is 0 Å². The van der Waals surface area contributed by atoms with E-state index in [4.69, 9.17) is 0 Å². The Bertz CT molecular complexity index is 1120. The molecule has 4 aromatic rings. The van der Waals surface area contributed by atoms with Crippen molar-refractivity contribution >= 4 is 50.4 Å². The highest BCUT2D eigenvalue weighted by molar-refractivity contribution is 7.17. The molecule has 2 aromatic carbocycles. The zero-order chi connectivity index (χ0) is 19.6. The molecule has 1 N–H and O–H groups in total. The second-order valence-electron chi connectivity index (χ2n) is 7.67. The molecular formula is C24H26ClN3OS. The molecular weight excluding hydrogens is 414 g/mol. The summed E-state index contributed by atoms with van der Waals surface area (Å²) in [6.07, 6.45) is 2.25. The molecule has 0 spiro atoms. The molecule has 156 valence electrons. The number of aliphatic hydroxyl groups excluding tert-OH is 1. The van der Waals surface area contributed by atoms with E-state index in [1.54, 1.807) is 11.3 Å². The lowest BCUT2D eigenvalue weighted by atomic mass is 10.1. The summed E-state index contributed by atoms with van der Waals surface area (Å²) in [5, 5.41) is 15.2. The van der Waals surface area contributed by atoms with Gasteiger partial charge in [0.2, 0.25) is 0 Å². The summed E-state index contributed by atoms with van der Waals surface area (Å²) < 4.78 is 1.25. The van der Waals surface area contributed by atoms with Crippen molar-refractivity contribution in [2.24, 2.45) is 0 Å². The molecule has 6 heteroatoms. The SMILES string of the molecule is Cl.OC(CCN1CCN(c2cccc3cccnc23)CC1)c1csc2ccccc12. The molecule has 1 aliphatic heterocycles. The van der Waals surface area contributed by atoms with Gasteiger partial charge in [0.05, 0.1) is 17.3 Å². The number of rotatable bonds is 5. The smallest absolute Gasteiger partial charge is 0.0935 e. The standard InChI is InChI=1S/C24H25N3OS.ClH/c28-22(20-17-29-23-9-2-1-7-19(20)23)10-12-26-13-15-27(16-14-26)21-8-3-5-18-6-4-11-25-24(18)21;/h1-9,11,17,22,28H,10,12-16H2;1H. The Labute approximate surface area is 187 Å². The fraction of sp³-hybridized carbons (Fsp3) is 0.292. The highest BCUT2D eigenvalue weighted by Gasteiger charge is 2.20. The maximum atomic E-state index is 10.7. The average Bonchev–Trinajstić information content (AvgIpc) is 3.22. The quantitative estimate of drug-likeness (QED) is 0.468. The number of fused-ring (bicyclic) bond motifs is 2. The molecule has 1 aliphatic rings. The summed E-state index contributed by atoms with van der Waals surface area (Å²) >= 11 is 1.72. The van der Waals surface area contributed by atoms with Gasteiger partial charge in [-0.05, 0) is 40.9 Å². The van der Waals surface area contributed by atoms with Crippen molar-refractivity contribution in [1.29, 1.82) is 0 Å². The van der Waals surface area contributed by atoms with Crippen LogP contribution in [-0.2, 0) is 0 Å². The van der Waals surface area contributed by atoms with Crippen LogP contribution in [0.3, 0.4) is 0 Å². The summed E-state index contributed by atoms with van der Waals surface area (Å²) in [5.74, 6) is 0. The number of pyridine rings is 1. The minimum Gasteiger partial charge on any atom is -0.388 e. The molecule has 0 saturated carbocycles. The van der Waals surface area contributed by atoms with Crippen molar-refractivity contribution < 1.29 is 5.11 Å². The molecule has 30 heavy (non-hydrogen) atoms. The minimum absolute atomic E-state index is 0. The first-order valence-electron chi connectivity index (χ1n) is 10.2. The van der Waals surface area contributed by atoms with Gasteiger partial charge in [0.1, 0.15) is 0 Å². The van der Waals surface area contributed by atoms with Crippen LogP contribution < -0.4 is 4.90 Å². The zero-order valence-electron chi connectivity index (χ0n) is 16.8. The number of para-hydroxylation sites is 1. The largest absolute Gasteiger partial charge is 0.388 e.